The minimum atomic E-state index is -0.593. The number of allylic oxidation sites excluding steroid dienone is 4. The molecule has 0 aromatic heterocycles. The zero-order valence-corrected chi connectivity index (χ0v) is 15.1. The van der Waals surface area contributed by atoms with E-state index in [2.05, 4.69) is 0 Å². The van der Waals surface area contributed by atoms with Crippen LogP contribution in [-0.2, 0) is 28.5 Å². The maximum atomic E-state index is 12.5. The summed E-state index contributed by atoms with van der Waals surface area (Å²) < 4.78 is 20.5. The van der Waals surface area contributed by atoms with Gasteiger partial charge in [-0.05, 0) is 11.6 Å². The average Bonchev–Trinajstić information content (AvgIpc) is 2.92. The minimum absolute atomic E-state index is 0.0659. The smallest absolute Gasteiger partial charge is 0.239 e. The fraction of sp³-hybridized carbons (Fsp3) is 0.200. The molecule has 6 heteroatoms. The van der Waals surface area contributed by atoms with E-state index in [0.717, 1.165) is 5.56 Å². The fourth-order valence-corrected chi connectivity index (χ4v) is 2.41. The van der Waals surface area contributed by atoms with Gasteiger partial charge in [0.15, 0.2) is 0 Å². The summed E-state index contributed by atoms with van der Waals surface area (Å²) in [5, 5.41) is 0. The molecule has 0 amide bonds. The van der Waals surface area contributed by atoms with Crippen LogP contribution in [0.4, 0.5) is 0 Å². The van der Waals surface area contributed by atoms with Gasteiger partial charge < -0.3 is 18.9 Å². The molecule has 0 radical (unpaired) electrons. The maximum absolute atomic E-state index is 12.5. The van der Waals surface area contributed by atoms with Gasteiger partial charge in [-0.2, -0.15) is 0 Å². The summed E-state index contributed by atoms with van der Waals surface area (Å²) >= 11 is 0. The summed E-state index contributed by atoms with van der Waals surface area (Å²) in [6, 6.07) is 9.62. The number of benzene rings is 1. The highest BCUT2D eigenvalue weighted by Gasteiger charge is 2.41. The van der Waals surface area contributed by atoms with Crippen molar-refractivity contribution in [3.05, 3.63) is 76.7 Å². The standard InChI is InChI=1S/C20H20O6/c1-23-14(11-10-13-8-6-5-7-9-13)12-15(24-2)16-17(21)19(25-3)20(26-4)18(16)22/h5-12H,1-4H3/b11-10+,14-12+. The van der Waals surface area contributed by atoms with Gasteiger partial charge in [0.1, 0.15) is 17.1 Å². The molecular formula is C20H20O6. The predicted octanol–water partition coefficient (Wildman–Crippen LogP) is 2.79. The Balaban J connectivity index is 2.42. The summed E-state index contributed by atoms with van der Waals surface area (Å²) in [6.07, 6.45) is 5.02. The Morgan fingerprint density at radius 2 is 1.42 bits per heavy atom. The molecule has 0 unspecified atom stereocenters. The van der Waals surface area contributed by atoms with Gasteiger partial charge in [0, 0.05) is 6.08 Å². The molecular weight excluding hydrogens is 336 g/mol. The van der Waals surface area contributed by atoms with Crippen LogP contribution in [0.5, 0.6) is 0 Å². The number of methoxy groups -OCH3 is 4. The van der Waals surface area contributed by atoms with Gasteiger partial charge in [-0.3, -0.25) is 9.59 Å². The van der Waals surface area contributed by atoms with Gasteiger partial charge in [-0.25, -0.2) is 0 Å². The molecule has 0 atom stereocenters. The van der Waals surface area contributed by atoms with Crippen LogP contribution in [0.15, 0.2) is 71.1 Å². The van der Waals surface area contributed by atoms with Crippen LogP contribution < -0.4 is 0 Å². The molecule has 2 rings (SSSR count). The van der Waals surface area contributed by atoms with E-state index >= 15 is 0 Å². The lowest BCUT2D eigenvalue weighted by Crippen LogP contribution is -2.10. The van der Waals surface area contributed by atoms with Crippen molar-refractivity contribution in [2.24, 2.45) is 0 Å². The number of carbonyl (C=O) groups excluding carboxylic acids is 2. The molecule has 1 aliphatic rings. The lowest BCUT2D eigenvalue weighted by atomic mass is 10.1. The first-order valence-corrected chi connectivity index (χ1v) is 7.76. The Bertz CT molecular complexity index is 784. The van der Waals surface area contributed by atoms with Crippen molar-refractivity contribution >= 4 is 17.6 Å². The first-order valence-electron chi connectivity index (χ1n) is 7.76. The summed E-state index contributed by atoms with van der Waals surface area (Å²) in [4.78, 5) is 24.9. The number of ether oxygens (including phenoxy) is 4. The molecule has 0 heterocycles. The highest BCUT2D eigenvalue weighted by Crippen LogP contribution is 2.29. The molecule has 136 valence electrons. The third kappa shape index (κ3) is 3.85. The van der Waals surface area contributed by atoms with Gasteiger partial charge in [0.05, 0.1) is 28.4 Å². The van der Waals surface area contributed by atoms with Gasteiger partial charge in [-0.15, -0.1) is 0 Å². The molecule has 1 aromatic carbocycles. The van der Waals surface area contributed by atoms with E-state index in [1.807, 2.05) is 36.4 Å². The normalized spacial score (nSPS) is 14.9. The highest BCUT2D eigenvalue weighted by molar-refractivity contribution is 6.37. The summed E-state index contributed by atoms with van der Waals surface area (Å²) in [5.74, 6) is -1.00. The van der Waals surface area contributed by atoms with Crippen molar-refractivity contribution in [3.63, 3.8) is 0 Å². The van der Waals surface area contributed by atoms with Gasteiger partial charge in [0.25, 0.3) is 0 Å². The van der Waals surface area contributed by atoms with Crippen LogP contribution in [0, 0.1) is 0 Å². The number of ketones is 2. The van der Waals surface area contributed by atoms with Gasteiger partial charge >= 0.3 is 0 Å². The van der Waals surface area contributed by atoms with Crippen LogP contribution in [0.2, 0.25) is 0 Å². The van der Waals surface area contributed by atoms with E-state index < -0.39 is 11.6 Å². The van der Waals surface area contributed by atoms with E-state index in [1.54, 1.807) is 6.08 Å². The molecule has 26 heavy (non-hydrogen) atoms. The molecule has 0 spiro atoms. The lowest BCUT2D eigenvalue weighted by Gasteiger charge is -2.07. The SMILES string of the molecule is COC(/C=C(\C=C\c1ccccc1)OC)=C1C(=O)C(OC)=C(OC)C1=O. The minimum Gasteiger partial charge on any atom is -0.497 e. The van der Waals surface area contributed by atoms with E-state index in [1.165, 1.54) is 34.5 Å². The van der Waals surface area contributed by atoms with Crippen LogP contribution in [-0.4, -0.2) is 40.0 Å². The van der Waals surface area contributed by atoms with E-state index in [4.69, 9.17) is 18.9 Å². The van der Waals surface area contributed by atoms with Crippen molar-refractivity contribution in [1.29, 1.82) is 0 Å². The Morgan fingerprint density at radius 3 is 1.88 bits per heavy atom. The third-order valence-electron chi connectivity index (χ3n) is 3.70. The van der Waals surface area contributed by atoms with Crippen LogP contribution >= 0.6 is 0 Å². The average molecular weight is 356 g/mol. The van der Waals surface area contributed by atoms with Gasteiger partial charge in [0.2, 0.25) is 23.1 Å². The topological polar surface area (TPSA) is 71.1 Å². The van der Waals surface area contributed by atoms with Crippen molar-refractivity contribution < 1.29 is 28.5 Å². The molecule has 6 nitrogen and oxygen atoms in total. The number of carbonyl (C=O) groups is 2. The second kappa shape index (κ2) is 8.71. The summed E-state index contributed by atoms with van der Waals surface area (Å²) in [6.45, 7) is 0. The summed E-state index contributed by atoms with van der Waals surface area (Å²) in [7, 11) is 5.45. The third-order valence-corrected chi connectivity index (χ3v) is 3.70. The van der Waals surface area contributed by atoms with E-state index in [9.17, 15) is 9.59 Å². The molecule has 0 saturated carbocycles. The van der Waals surface area contributed by atoms with Crippen molar-refractivity contribution in [1.82, 2.24) is 0 Å². The van der Waals surface area contributed by atoms with E-state index in [0.29, 0.717) is 5.76 Å². The second-order valence-corrected chi connectivity index (χ2v) is 5.16. The molecule has 0 N–H and O–H groups in total. The number of hydrogen-bond donors (Lipinski definition) is 0. The lowest BCUT2D eigenvalue weighted by molar-refractivity contribution is -0.118. The fourth-order valence-electron chi connectivity index (χ4n) is 2.41. The largest absolute Gasteiger partial charge is 0.497 e. The first-order chi connectivity index (χ1) is 12.6. The van der Waals surface area contributed by atoms with E-state index in [-0.39, 0.29) is 22.9 Å². The molecule has 0 saturated heterocycles. The summed E-state index contributed by atoms with van der Waals surface area (Å²) in [5.41, 5.74) is 0.809. The Hall–Kier alpha value is -3.28. The molecule has 1 aliphatic carbocycles. The van der Waals surface area contributed by atoms with Crippen LogP contribution in [0.3, 0.4) is 0 Å². The zero-order chi connectivity index (χ0) is 19.1. The number of rotatable bonds is 7. The highest BCUT2D eigenvalue weighted by atomic mass is 16.5. The molecule has 0 bridgehead atoms. The number of Topliss-reactive ketones (excluding diaryl/α,β-unsaturated/α-hetero) is 2. The molecule has 0 aliphatic heterocycles. The maximum Gasteiger partial charge on any atom is 0.239 e. The second-order valence-electron chi connectivity index (χ2n) is 5.16. The van der Waals surface area contributed by atoms with Crippen LogP contribution in [0.25, 0.3) is 6.08 Å². The Kier molecular flexibility index (Phi) is 6.38. The van der Waals surface area contributed by atoms with Crippen LogP contribution in [0.1, 0.15) is 5.56 Å². The Labute approximate surface area is 152 Å². The molecule has 0 fully saturated rings. The number of hydrogen-bond acceptors (Lipinski definition) is 6. The van der Waals surface area contributed by atoms with Crippen molar-refractivity contribution in [3.8, 4) is 0 Å². The predicted molar refractivity (Wildman–Crippen MR) is 95.7 cm³/mol. The molecule has 1 aromatic rings. The van der Waals surface area contributed by atoms with Crippen molar-refractivity contribution in [2.75, 3.05) is 28.4 Å². The van der Waals surface area contributed by atoms with Crippen molar-refractivity contribution in [2.45, 2.75) is 0 Å². The monoisotopic (exact) mass is 356 g/mol. The van der Waals surface area contributed by atoms with Gasteiger partial charge in [-0.1, -0.05) is 36.4 Å². The Morgan fingerprint density at radius 1 is 0.846 bits per heavy atom. The zero-order valence-electron chi connectivity index (χ0n) is 15.1. The quantitative estimate of drug-likeness (QED) is 0.324. The first kappa shape index (κ1) is 19.1.